The van der Waals surface area contributed by atoms with E-state index >= 15 is 0 Å². The van der Waals surface area contributed by atoms with E-state index in [4.69, 9.17) is 5.73 Å². The number of rotatable bonds is 2. The van der Waals surface area contributed by atoms with Crippen LogP contribution in [0.1, 0.15) is 64.2 Å². The Balaban J connectivity index is 2.21. The van der Waals surface area contributed by atoms with Crippen molar-refractivity contribution in [2.24, 2.45) is 5.73 Å². The number of aromatic nitrogens is 2. The lowest BCUT2D eigenvalue weighted by atomic mass is 9.90. The molecule has 1 aliphatic rings. The minimum Gasteiger partial charge on any atom is -0.324 e. The lowest BCUT2D eigenvalue weighted by Gasteiger charge is -2.29. The molecule has 1 heterocycles. The first-order valence-corrected chi connectivity index (χ1v) is 7.99. The van der Waals surface area contributed by atoms with Crippen LogP contribution in [-0.4, -0.2) is 9.55 Å². The maximum absolute atomic E-state index is 14.1. The zero-order chi connectivity index (χ0) is 15.0. The van der Waals surface area contributed by atoms with Gasteiger partial charge in [0.05, 0.1) is 11.1 Å². The second-order valence-electron chi connectivity index (χ2n) is 6.58. The number of nitrogens with zero attached hydrogens (tertiary/aromatic N) is 2. The highest BCUT2D eigenvalue weighted by Crippen LogP contribution is 2.36. The van der Waals surface area contributed by atoms with E-state index in [0.29, 0.717) is 5.52 Å². The fraction of sp³-hybridized carbons (Fsp3) is 0.588. The van der Waals surface area contributed by atoms with Crippen molar-refractivity contribution in [1.82, 2.24) is 9.55 Å². The summed E-state index contributed by atoms with van der Waals surface area (Å²) in [5, 5.41) is 0. The third-order valence-corrected chi connectivity index (χ3v) is 4.63. The van der Waals surface area contributed by atoms with Crippen LogP contribution in [0.15, 0.2) is 18.2 Å². The highest BCUT2D eigenvalue weighted by molar-refractivity contribution is 5.77. The summed E-state index contributed by atoms with van der Waals surface area (Å²) in [6.45, 7) is 4.21. The first-order chi connectivity index (χ1) is 10.0. The second kappa shape index (κ2) is 5.41. The van der Waals surface area contributed by atoms with Crippen LogP contribution in [0.3, 0.4) is 0 Å². The van der Waals surface area contributed by atoms with Gasteiger partial charge in [-0.1, -0.05) is 31.7 Å². The molecule has 2 aromatic rings. The lowest BCUT2D eigenvalue weighted by Crippen LogP contribution is -2.39. The summed E-state index contributed by atoms with van der Waals surface area (Å²) in [4.78, 5) is 4.63. The van der Waals surface area contributed by atoms with Crippen molar-refractivity contribution in [3.63, 3.8) is 0 Å². The Kier molecular flexibility index (Phi) is 3.74. The molecule has 4 heteroatoms. The monoisotopic (exact) mass is 289 g/mol. The maximum atomic E-state index is 14.1. The molecule has 114 valence electrons. The summed E-state index contributed by atoms with van der Waals surface area (Å²) in [5.41, 5.74) is 7.61. The molecular formula is C17H24FN3. The van der Waals surface area contributed by atoms with Crippen molar-refractivity contribution < 1.29 is 4.39 Å². The van der Waals surface area contributed by atoms with Gasteiger partial charge in [-0.15, -0.1) is 0 Å². The van der Waals surface area contributed by atoms with Crippen molar-refractivity contribution in [3.8, 4) is 0 Å². The Morgan fingerprint density at radius 2 is 1.86 bits per heavy atom. The molecule has 1 aromatic heterocycles. The summed E-state index contributed by atoms with van der Waals surface area (Å²) in [5.74, 6) is 0.602. The minimum absolute atomic E-state index is 0.218. The predicted molar refractivity (Wildman–Crippen MR) is 83.6 cm³/mol. The molecule has 0 spiro atoms. The van der Waals surface area contributed by atoms with Gasteiger partial charge < -0.3 is 10.3 Å². The maximum Gasteiger partial charge on any atom is 0.151 e. The molecule has 0 amide bonds. The standard InChI is InChI=1S/C17H24FN3/c1-12(2)21-14-9-7-8-13(18)15(14)20-16(21)17(19)10-5-3-4-6-11-17/h7-9,12H,3-6,10-11,19H2,1-2H3. The molecule has 0 atom stereocenters. The third-order valence-electron chi connectivity index (χ3n) is 4.63. The molecule has 0 saturated heterocycles. The van der Waals surface area contributed by atoms with Crippen LogP contribution >= 0.6 is 0 Å². The Morgan fingerprint density at radius 3 is 2.48 bits per heavy atom. The molecule has 3 nitrogen and oxygen atoms in total. The number of hydrogen-bond acceptors (Lipinski definition) is 2. The fourth-order valence-electron chi connectivity index (χ4n) is 3.54. The van der Waals surface area contributed by atoms with E-state index in [9.17, 15) is 4.39 Å². The van der Waals surface area contributed by atoms with Crippen LogP contribution in [0.2, 0.25) is 0 Å². The van der Waals surface area contributed by atoms with Crippen molar-refractivity contribution in [1.29, 1.82) is 0 Å². The molecule has 21 heavy (non-hydrogen) atoms. The molecule has 3 rings (SSSR count). The van der Waals surface area contributed by atoms with Gasteiger partial charge in [0.15, 0.2) is 5.82 Å². The molecule has 0 radical (unpaired) electrons. The molecule has 1 fully saturated rings. The van der Waals surface area contributed by atoms with Gasteiger partial charge in [-0.05, 0) is 38.8 Å². The highest BCUT2D eigenvalue weighted by atomic mass is 19.1. The topological polar surface area (TPSA) is 43.8 Å². The number of hydrogen-bond donors (Lipinski definition) is 1. The van der Waals surface area contributed by atoms with E-state index in [1.54, 1.807) is 6.07 Å². The molecule has 0 aliphatic heterocycles. The highest BCUT2D eigenvalue weighted by Gasteiger charge is 2.34. The van der Waals surface area contributed by atoms with Gasteiger partial charge in [0.1, 0.15) is 11.3 Å². The van der Waals surface area contributed by atoms with E-state index in [-0.39, 0.29) is 11.9 Å². The van der Waals surface area contributed by atoms with Gasteiger partial charge in [0.25, 0.3) is 0 Å². The smallest absolute Gasteiger partial charge is 0.151 e. The number of para-hydroxylation sites is 1. The summed E-state index contributed by atoms with van der Waals surface area (Å²) in [6, 6.07) is 5.38. The molecule has 2 N–H and O–H groups in total. The molecule has 1 aromatic carbocycles. The number of imidazole rings is 1. The first-order valence-electron chi connectivity index (χ1n) is 7.99. The average molecular weight is 289 g/mol. The lowest BCUT2D eigenvalue weighted by molar-refractivity contribution is 0.342. The van der Waals surface area contributed by atoms with Crippen LogP contribution in [-0.2, 0) is 5.54 Å². The summed E-state index contributed by atoms with van der Waals surface area (Å²) < 4.78 is 16.2. The van der Waals surface area contributed by atoms with Gasteiger partial charge in [-0.25, -0.2) is 9.37 Å². The summed E-state index contributed by atoms with van der Waals surface area (Å²) in [7, 11) is 0. The number of fused-ring (bicyclic) bond motifs is 1. The Labute approximate surface area is 125 Å². The van der Waals surface area contributed by atoms with Crippen LogP contribution in [0.5, 0.6) is 0 Å². The van der Waals surface area contributed by atoms with Crippen molar-refractivity contribution in [2.45, 2.75) is 64.0 Å². The fourth-order valence-corrected chi connectivity index (χ4v) is 3.54. The minimum atomic E-state index is -0.424. The van der Waals surface area contributed by atoms with E-state index in [2.05, 4.69) is 23.4 Å². The van der Waals surface area contributed by atoms with Crippen LogP contribution in [0.25, 0.3) is 11.0 Å². The predicted octanol–water partition coefficient (Wildman–Crippen LogP) is 4.26. The molecular weight excluding hydrogens is 265 g/mol. The van der Waals surface area contributed by atoms with E-state index in [1.807, 2.05) is 6.07 Å². The second-order valence-corrected chi connectivity index (χ2v) is 6.58. The molecule has 0 bridgehead atoms. The number of nitrogens with two attached hydrogens (primary N) is 1. The summed E-state index contributed by atoms with van der Waals surface area (Å²) in [6.07, 6.45) is 6.58. The first kappa shape index (κ1) is 14.5. The molecule has 1 saturated carbocycles. The van der Waals surface area contributed by atoms with Gasteiger partial charge in [0, 0.05) is 6.04 Å². The van der Waals surface area contributed by atoms with Crippen molar-refractivity contribution in [2.75, 3.05) is 0 Å². The SMILES string of the molecule is CC(C)n1c(C2(N)CCCCCC2)nc2c(F)cccc21. The van der Waals surface area contributed by atoms with E-state index < -0.39 is 5.54 Å². The van der Waals surface area contributed by atoms with Gasteiger partial charge in [-0.3, -0.25) is 0 Å². The molecule has 0 unspecified atom stereocenters. The van der Waals surface area contributed by atoms with Crippen LogP contribution in [0, 0.1) is 5.82 Å². The number of benzene rings is 1. The van der Waals surface area contributed by atoms with E-state index in [0.717, 1.165) is 37.0 Å². The Hall–Kier alpha value is -1.42. The van der Waals surface area contributed by atoms with Crippen molar-refractivity contribution >= 4 is 11.0 Å². The Bertz CT molecular complexity index is 637. The van der Waals surface area contributed by atoms with Gasteiger partial charge >= 0.3 is 0 Å². The van der Waals surface area contributed by atoms with Crippen LogP contribution < -0.4 is 5.73 Å². The zero-order valence-corrected chi connectivity index (χ0v) is 12.9. The normalized spacial score (nSPS) is 19.1. The third kappa shape index (κ3) is 2.46. The number of halogens is 1. The molecule has 1 aliphatic carbocycles. The zero-order valence-electron chi connectivity index (χ0n) is 12.9. The van der Waals surface area contributed by atoms with E-state index in [1.165, 1.54) is 18.9 Å². The Morgan fingerprint density at radius 1 is 1.19 bits per heavy atom. The quantitative estimate of drug-likeness (QED) is 0.839. The van der Waals surface area contributed by atoms with Crippen molar-refractivity contribution in [3.05, 3.63) is 29.8 Å². The van der Waals surface area contributed by atoms with Crippen LogP contribution in [0.4, 0.5) is 4.39 Å². The van der Waals surface area contributed by atoms with Gasteiger partial charge in [-0.2, -0.15) is 0 Å². The van der Waals surface area contributed by atoms with Gasteiger partial charge in [0.2, 0.25) is 0 Å². The average Bonchev–Trinajstić information content (AvgIpc) is 2.72. The largest absolute Gasteiger partial charge is 0.324 e. The summed E-state index contributed by atoms with van der Waals surface area (Å²) >= 11 is 0.